The lowest BCUT2D eigenvalue weighted by atomic mass is 10.1. The van der Waals surface area contributed by atoms with Gasteiger partial charge in [0.1, 0.15) is 0 Å². The molecule has 0 unspecified atom stereocenters. The Kier molecular flexibility index (Phi) is 4.89. The van der Waals surface area contributed by atoms with E-state index in [-0.39, 0.29) is 0 Å². The van der Waals surface area contributed by atoms with E-state index in [1.54, 1.807) is 0 Å². The molecule has 2 aromatic carbocycles. The summed E-state index contributed by atoms with van der Waals surface area (Å²) < 4.78 is 13.2. The van der Waals surface area contributed by atoms with Gasteiger partial charge in [-0.1, -0.05) is 43.3 Å². The molecule has 0 spiro atoms. The first-order valence-corrected chi connectivity index (χ1v) is 10.0. The van der Waals surface area contributed by atoms with Crippen LogP contribution in [0.15, 0.2) is 54.9 Å². The normalized spacial score (nSPS) is 13.8. The number of ether oxygens (including phenoxy) is 2. The van der Waals surface area contributed by atoms with Crippen molar-refractivity contribution in [2.45, 2.75) is 25.1 Å². The maximum absolute atomic E-state index is 5.51. The predicted molar refractivity (Wildman–Crippen MR) is 106 cm³/mol. The molecule has 0 saturated heterocycles. The van der Waals surface area contributed by atoms with Crippen molar-refractivity contribution >= 4 is 11.8 Å². The van der Waals surface area contributed by atoms with E-state index in [1.807, 2.05) is 30.2 Å². The zero-order chi connectivity index (χ0) is 17.9. The third-order valence-corrected chi connectivity index (χ3v) is 5.64. The van der Waals surface area contributed by atoms with Gasteiger partial charge in [-0.25, -0.2) is 4.98 Å². The van der Waals surface area contributed by atoms with Gasteiger partial charge in [-0.05, 0) is 24.0 Å². The zero-order valence-electron chi connectivity index (χ0n) is 15.0. The predicted octanol–water partition coefficient (Wildman–Crippen LogP) is 4.62. The molecule has 3 aromatic rings. The fourth-order valence-corrected chi connectivity index (χ4v) is 3.51. The van der Waals surface area contributed by atoms with Gasteiger partial charge in [0, 0.05) is 29.5 Å². The van der Waals surface area contributed by atoms with Crippen LogP contribution >= 0.6 is 11.8 Å². The van der Waals surface area contributed by atoms with Gasteiger partial charge in [0.2, 0.25) is 6.79 Å². The minimum absolute atomic E-state index is 0.304. The summed E-state index contributed by atoms with van der Waals surface area (Å²) in [5.74, 6) is 1.64. The van der Waals surface area contributed by atoms with Crippen LogP contribution in [0.25, 0.3) is 11.3 Å². The smallest absolute Gasteiger partial charge is 0.231 e. The molecule has 0 fully saturated rings. The number of imidazole rings is 1. The van der Waals surface area contributed by atoms with Crippen molar-refractivity contribution in [1.29, 1.82) is 0 Å². The minimum atomic E-state index is 0.304. The molecule has 0 saturated carbocycles. The lowest BCUT2D eigenvalue weighted by Crippen LogP contribution is -2.10. The molecule has 0 amide bonds. The molecule has 26 heavy (non-hydrogen) atoms. The van der Waals surface area contributed by atoms with Crippen LogP contribution in [0.1, 0.15) is 18.2 Å². The molecular formula is C21H22N2O2S. The second kappa shape index (κ2) is 7.46. The third-order valence-electron chi connectivity index (χ3n) is 4.67. The van der Waals surface area contributed by atoms with E-state index in [2.05, 4.69) is 54.1 Å². The van der Waals surface area contributed by atoms with E-state index in [9.17, 15) is 0 Å². The molecule has 0 radical (unpaired) electrons. The summed E-state index contributed by atoms with van der Waals surface area (Å²) >= 11 is 1.88. The van der Waals surface area contributed by atoms with E-state index in [1.165, 1.54) is 16.8 Å². The van der Waals surface area contributed by atoms with Crippen LogP contribution in [0.2, 0.25) is 0 Å². The SMILES string of the molecule is CS[C@H](C)Cc1c(-c2ccccc2)ncn1Cc1ccc2c(c1)OCO2. The van der Waals surface area contributed by atoms with E-state index >= 15 is 0 Å². The van der Waals surface area contributed by atoms with E-state index in [0.29, 0.717) is 12.0 Å². The van der Waals surface area contributed by atoms with Gasteiger partial charge < -0.3 is 14.0 Å². The second-order valence-corrected chi connectivity index (χ2v) is 7.75. The van der Waals surface area contributed by atoms with Crippen LogP contribution in [0.4, 0.5) is 0 Å². The van der Waals surface area contributed by atoms with Crippen molar-refractivity contribution in [1.82, 2.24) is 9.55 Å². The van der Waals surface area contributed by atoms with Crippen molar-refractivity contribution in [3.8, 4) is 22.8 Å². The lowest BCUT2D eigenvalue weighted by Gasteiger charge is -2.14. The average Bonchev–Trinajstić information content (AvgIpc) is 3.29. The number of hydrogen-bond donors (Lipinski definition) is 0. The largest absolute Gasteiger partial charge is 0.454 e. The number of rotatable bonds is 6. The summed E-state index contributed by atoms with van der Waals surface area (Å²) in [6.45, 7) is 3.34. The molecule has 4 rings (SSSR count). The second-order valence-electron chi connectivity index (χ2n) is 6.47. The van der Waals surface area contributed by atoms with Gasteiger partial charge in [0.05, 0.1) is 12.0 Å². The summed E-state index contributed by atoms with van der Waals surface area (Å²) in [6, 6.07) is 16.6. The van der Waals surface area contributed by atoms with Crippen LogP contribution in [0, 0.1) is 0 Å². The van der Waals surface area contributed by atoms with Crippen LogP contribution < -0.4 is 9.47 Å². The van der Waals surface area contributed by atoms with Gasteiger partial charge in [-0.2, -0.15) is 11.8 Å². The minimum Gasteiger partial charge on any atom is -0.454 e. The number of hydrogen-bond acceptors (Lipinski definition) is 4. The number of fused-ring (bicyclic) bond motifs is 1. The molecule has 0 N–H and O–H groups in total. The fourth-order valence-electron chi connectivity index (χ4n) is 3.19. The third kappa shape index (κ3) is 3.44. The topological polar surface area (TPSA) is 36.3 Å². The molecule has 1 aromatic heterocycles. The average molecular weight is 366 g/mol. The van der Waals surface area contributed by atoms with Gasteiger partial charge in [-0.3, -0.25) is 0 Å². The molecule has 2 heterocycles. The highest BCUT2D eigenvalue weighted by atomic mass is 32.2. The molecule has 1 atom stereocenters. The first-order valence-electron chi connectivity index (χ1n) is 8.75. The fraction of sp³-hybridized carbons (Fsp3) is 0.286. The highest BCUT2D eigenvalue weighted by Crippen LogP contribution is 2.33. The Morgan fingerprint density at radius 3 is 2.73 bits per heavy atom. The van der Waals surface area contributed by atoms with Gasteiger partial charge in [0.25, 0.3) is 0 Å². The molecule has 5 heteroatoms. The Balaban J connectivity index is 1.68. The summed E-state index contributed by atoms with van der Waals surface area (Å²) in [5, 5.41) is 0.532. The van der Waals surface area contributed by atoms with Crippen LogP contribution in [-0.4, -0.2) is 27.8 Å². The summed E-state index contributed by atoms with van der Waals surface area (Å²) in [7, 11) is 0. The number of aromatic nitrogens is 2. The Bertz CT molecular complexity index is 892. The van der Waals surface area contributed by atoms with Crippen LogP contribution in [-0.2, 0) is 13.0 Å². The van der Waals surface area contributed by atoms with Crippen LogP contribution in [0.5, 0.6) is 11.5 Å². The first kappa shape index (κ1) is 17.0. The van der Waals surface area contributed by atoms with E-state index in [4.69, 9.17) is 14.5 Å². The number of nitrogens with zero attached hydrogens (tertiary/aromatic N) is 2. The molecule has 1 aliphatic heterocycles. The Hall–Kier alpha value is -2.40. The Labute approximate surface area is 158 Å². The molecule has 0 aliphatic carbocycles. The monoisotopic (exact) mass is 366 g/mol. The summed E-state index contributed by atoms with van der Waals surface area (Å²) in [6.07, 6.45) is 5.09. The maximum atomic E-state index is 5.51. The van der Waals surface area contributed by atoms with Crippen LogP contribution in [0.3, 0.4) is 0 Å². The quantitative estimate of drug-likeness (QED) is 0.638. The molecule has 134 valence electrons. The molecule has 4 nitrogen and oxygen atoms in total. The standard InChI is InChI=1S/C21H22N2O2S/c1-15(26-2)10-18-21(17-6-4-3-5-7-17)22-13-23(18)12-16-8-9-19-20(11-16)25-14-24-19/h3-9,11,13,15H,10,12,14H2,1-2H3/t15-/m1/s1. The number of benzene rings is 2. The van der Waals surface area contributed by atoms with Crippen molar-refractivity contribution in [3.63, 3.8) is 0 Å². The lowest BCUT2D eigenvalue weighted by molar-refractivity contribution is 0.174. The molecular weight excluding hydrogens is 344 g/mol. The number of thioether (sulfide) groups is 1. The van der Waals surface area contributed by atoms with Gasteiger partial charge in [-0.15, -0.1) is 0 Å². The Morgan fingerprint density at radius 1 is 1.12 bits per heavy atom. The van der Waals surface area contributed by atoms with Gasteiger partial charge in [0.15, 0.2) is 11.5 Å². The summed E-state index contributed by atoms with van der Waals surface area (Å²) in [5.41, 5.74) is 4.70. The molecule has 0 bridgehead atoms. The maximum Gasteiger partial charge on any atom is 0.231 e. The van der Waals surface area contributed by atoms with Crippen molar-refractivity contribution < 1.29 is 9.47 Å². The van der Waals surface area contributed by atoms with Gasteiger partial charge >= 0.3 is 0 Å². The zero-order valence-corrected chi connectivity index (χ0v) is 15.8. The van der Waals surface area contributed by atoms with E-state index < -0.39 is 0 Å². The highest BCUT2D eigenvalue weighted by molar-refractivity contribution is 7.99. The van der Waals surface area contributed by atoms with Crippen molar-refractivity contribution in [2.24, 2.45) is 0 Å². The molecule has 1 aliphatic rings. The first-order chi connectivity index (χ1) is 12.7. The highest BCUT2D eigenvalue weighted by Gasteiger charge is 2.17. The Morgan fingerprint density at radius 2 is 1.92 bits per heavy atom. The van der Waals surface area contributed by atoms with E-state index in [0.717, 1.165) is 30.2 Å². The van der Waals surface area contributed by atoms with Crippen molar-refractivity contribution in [3.05, 3.63) is 66.1 Å². The summed E-state index contributed by atoms with van der Waals surface area (Å²) in [4.78, 5) is 4.74. The van der Waals surface area contributed by atoms with Crippen molar-refractivity contribution in [2.75, 3.05) is 13.0 Å².